The highest BCUT2D eigenvalue weighted by atomic mass is 35.5. The SMILES string of the molecule is Cc1nn(C)c(Cl)c1C(C)CN. The summed E-state index contributed by atoms with van der Waals surface area (Å²) in [6.07, 6.45) is 0. The van der Waals surface area contributed by atoms with E-state index in [0.717, 1.165) is 11.3 Å². The van der Waals surface area contributed by atoms with E-state index in [0.29, 0.717) is 11.7 Å². The normalized spacial score (nSPS) is 13.4. The van der Waals surface area contributed by atoms with Crippen molar-refractivity contribution in [2.24, 2.45) is 12.8 Å². The average molecular weight is 188 g/mol. The predicted octanol–water partition coefficient (Wildman–Crippen LogP) is 1.44. The van der Waals surface area contributed by atoms with Crippen LogP contribution in [-0.2, 0) is 7.05 Å². The Bertz CT molecular complexity index is 280. The molecule has 68 valence electrons. The van der Waals surface area contributed by atoms with Crippen LogP contribution in [0.15, 0.2) is 0 Å². The van der Waals surface area contributed by atoms with Crippen molar-refractivity contribution in [3.05, 3.63) is 16.4 Å². The van der Waals surface area contributed by atoms with Crippen LogP contribution in [-0.4, -0.2) is 16.3 Å². The van der Waals surface area contributed by atoms with E-state index in [4.69, 9.17) is 17.3 Å². The number of hydrogen-bond donors (Lipinski definition) is 1. The quantitative estimate of drug-likeness (QED) is 0.762. The predicted molar refractivity (Wildman–Crippen MR) is 50.4 cm³/mol. The fraction of sp³-hybridized carbons (Fsp3) is 0.625. The van der Waals surface area contributed by atoms with Crippen LogP contribution >= 0.6 is 11.6 Å². The van der Waals surface area contributed by atoms with Gasteiger partial charge in [0.05, 0.1) is 5.69 Å². The Kier molecular flexibility index (Phi) is 2.75. The summed E-state index contributed by atoms with van der Waals surface area (Å²) in [7, 11) is 1.84. The smallest absolute Gasteiger partial charge is 0.130 e. The summed E-state index contributed by atoms with van der Waals surface area (Å²) in [5.41, 5.74) is 7.60. The molecule has 1 unspecified atom stereocenters. The maximum atomic E-state index is 6.03. The monoisotopic (exact) mass is 187 g/mol. The first-order chi connectivity index (χ1) is 5.57. The molecular weight excluding hydrogens is 174 g/mol. The first kappa shape index (κ1) is 9.55. The molecule has 0 aliphatic rings. The second kappa shape index (κ2) is 3.46. The molecule has 0 saturated carbocycles. The van der Waals surface area contributed by atoms with Crippen LogP contribution in [0.4, 0.5) is 0 Å². The van der Waals surface area contributed by atoms with Crippen molar-refractivity contribution in [1.82, 2.24) is 9.78 Å². The fourth-order valence-corrected chi connectivity index (χ4v) is 1.68. The van der Waals surface area contributed by atoms with Gasteiger partial charge in [0, 0.05) is 12.6 Å². The molecule has 1 heterocycles. The highest BCUT2D eigenvalue weighted by molar-refractivity contribution is 6.30. The summed E-state index contributed by atoms with van der Waals surface area (Å²) in [6, 6.07) is 0. The van der Waals surface area contributed by atoms with E-state index in [1.54, 1.807) is 4.68 Å². The Morgan fingerprint density at radius 3 is 2.58 bits per heavy atom. The lowest BCUT2D eigenvalue weighted by Crippen LogP contribution is -2.09. The molecule has 0 fully saturated rings. The Morgan fingerprint density at radius 1 is 1.67 bits per heavy atom. The van der Waals surface area contributed by atoms with Crippen molar-refractivity contribution >= 4 is 11.6 Å². The zero-order valence-electron chi connectivity index (χ0n) is 7.63. The summed E-state index contributed by atoms with van der Waals surface area (Å²) in [4.78, 5) is 0. The van der Waals surface area contributed by atoms with Gasteiger partial charge < -0.3 is 5.73 Å². The number of aryl methyl sites for hydroxylation is 2. The largest absolute Gasteiger partial charge is 0.330 e. The lowest BCUT2D eigenvalue weighted by molar-refractivity contribution is 0.754. The van der Waals surface area contributed by atoms with E-state index in [1.165, 1.54) is 0 Å². The van der Waals surface area contributed by atoms with E-state index in [9.17, 15) is 0 Å². The molecule has 1 aromatic heterocycles. The van der Waals surface area contributed by atoms with Crippen LogP contribution in [0.3, 0.4) is 0 Å². The van der Waals surface area contributed by atoms with Crippen LogP contribution < -0.4 is 5.73 Å². The van der Waals surface area contributed by atoms with Gasteiger partial charge in [-0.2, -0.15) is 5.10 Å². The molecule has 0 bridgehead atoms. The van der Waals surface area contributed by atoms with E-state index >= 15 is 0 Å². The van der Waals surface area contributed by atoms with Crippen LogP contribution in [0.2, 0.25) is 5.15 Å². The lowest BCUT2D eigenvalue weighted by Gasteiger charge is -2.07. The first-order valence-corrected chi connectivity index (χ1v) is 4.34. The molecule has 2 N–H and O–H groups in total. The van der Waals surface area contributed by atoms with Crippen molar-refractivity contribution in [1.29, 1.82) is 0 Å². The summed E-state index contributed by atoms with van der Waals surface area (Å²) in [5, 5.41) is 4.91. The third kappa shape index (κ3) is 1.47. The molecule has 0 saturated heterocycles. The third-order valence-electron chi connectivity index (χ3n) is 2.04. The van der Waals surface area contributed by atoms with Gasteiger partial charge in [-0.1, -0.05) is 18.5 Å². The second-order valence-electron chi connectivity index (χ2n) is 3.05. The van der Waals surface area contributed by atoms with E-state index in [1.807, 2.05) is 14.0 Å². The second-order valence-corrected chi connectivity index (χ2v) is 3.41. The Balaban J connectivity index is 3.13. The van der Waals surface area contributed by atoms with Gasteiger partial charge in [-0.15, -0.1) is 0 Å². The number of aromatic nitrogens is 2. The zero-order chi connectivity index (χ0) is 9.30. The van der Waals surface area contributed by atoms with Gasteiger partial charge in [-0.05, 0) is 19.4 Å². The molecule has 0 aliphatic carbocycles. The van der Waals surface area contributed by atoms with Crippen LogP contribution in [0, 0.1) is 6.92 Å². The van der Waals surface area contributed by atoms with E-state index in [-0.39, 0.29) is 5.92 Å². The minimum atomic E-state index is 0.284. The molecule has 4 heteroatoms. The molecule has 0 aliphatic heterocycles. The molecule has 0 amide bonds. The van der Waals surface area contributed by atoms with Crippen molar-refractivity contribution in [3.8, 4) is 0 Å². The number of rotatable bonds is 2. The van der Waals surface area contributed by atoms with Crippen LogP contribution in [0.25, 0.3) is 0 Å². The summed E-state index contributed by atoms with van der Waals surface area (Å²) in [5.74, 6) is 0.284. The van der Waals surface area contributed by atoms with Gasteiger partial charge in [0.25, 0.3) is 0 Å². The van der Waals surface area contributed by atoms with Crippen molar-refractivity contribution < 1.29 is 0 Å². The fourth-order valence-electron chi connectivity index (χ4n) is 1.32. The number of hydrogen-bond acceptors (Lipinski definition) is 2. The topological polar surface area (TPSA) is 43.8 Å². The van der Waals surface area contributed by atoms with Crippen molar-refractivity contribution in [2.75, 3.05) is 6.54 Å². The molecule has 0 spiro atoms. The van der Waals surface area contributed by atoms with Gasteiger partial charge >= 0.3 is 0 Å². The molecule has 0 aromatic carbocycles. The Morgan fingerprint density at radius 2 is 2.25 bits per heavy atom. The maximum absolute atomic E-state index is 6.03. The maximum Gasteiger partial charge on any atom is 0.130 e. The Hall–Kier alpha value is -0.540. The van der Waals surface area contributed by atoms with E-state index < -0.39 is 0 Å². The Labute approximate surface area is 77.5 Å². The molecule has 1 aromatic rings. The summed E-state index contributed by atoms with van der Waals surface area (Å²) in [6.45, 7) is 4.61. The molecule has 3 nitrogen and oxygen atoms in total. The van der Waals surface area contributed by atoms with E-state index in [2.05, 4.69) is 12.0 Å². The standard InChI is InChI=1S/C8H14ClN3/c1-5(4-10)7-6(2)11-12(3)8(7)9/h5H,4,10H2,1-3H3. The van der Waals surface area contributed by atoms with Crippen molar-refractivity contribution in [3.63, 3.8) is 0 Å². The molecular formula is C8H14ClN3. The van der Waals surface area contributed by atoms with Crippen molar-refractivity contribution in [2.45, 2.75) is 19.8 Å². The zero-order valence-corrected chi connectivity index (χ0v) is 8.39. The lowest BCUT2D eigenvalue weighted by atomic mass is 10.0. The highest BCUT2D eigenvalue weighted by Gasteiger charge is 2.15. The number of halogens is 1. The van der Waals surface area contributed by atoms with Gasteiger partial charge in [0.1, 0.15) is 5.15 Å². The van der Waals surface area contributed by atoms with Gasteiger partial charge in [0.2, 0.25) is 0 Å². The minimum absolute atomic E-state index is 0.284. The van der Waals surface area contributed by atoms with Gasteiger partial charge in [-0.25, -0.2) is 0 Å². The van der Waals surface area contributed by atoms with Gasteiger partial charge in [-0.3, -0.25) is 4.68 Å². The van der Waals surface area contributed by atoms with Crippen LogP contribution in [0.1, 0.15) is 24.1 Å². The summed E-state index contributed by atoms with van der Waals surface area (Å²) < 4.78 is 1.68. The molecule has 0 radical (unpaired) electrons. The van der Waals surface area contributed by atoms with Gasteiger partial charge in [0.15, 0.2) is 0 Å². The molecule has 12 heavy (non-hydrogen) atoms. The first-order valence-electron chi connectivity index (χ1n) is 3.97. The number of nitrogens with two attached hydrogens (primary N) is 1. The number of nitrogens with zero attached hydrogens (tertiary/aromatic N) is 2. The average Bonchev–Trinajstić information content (AvgIpc) is 2.26. The summed E-state index contributed by atoms with van der Waals surface area (Å²) >= 11 is 6.03. The minimum Gasteiger partial charge on any atom is -0.330 e. The molecule has 1 rings (SSSR count). The van der Waals surface area contributed by atoms with Crippen LogP contribution in [0.5, 0.6) is 0 Å². The highest BCUT2D eigenvalue weighted by Crippen LogP contribution is 2.25. The third-order valence-corrected chi connectivity index (χ3v) is 2.49. The molecule has 1 atom stereocenters.